The number of carbonyl (C=O) groups excluding carboxylic acids is 1. The Kier molecular flexibility index (Phi) is 3.71. The number of pyridine rings is 1. The lowest BCUT2D eigenvalue weighted by atomic mass is 10.3. The van der Waals surface area contributed by atoms with Crippen molar-refractivity contribution in [1.29, 1.82) is 0 Å². The minimum absolute atomic E-state index is 0.0239. The normalized spacial score (nSPS) is 14.8. The average Bonchev–Trinajstić information content (AvgIpc) is 3.11. The number of hydrogen-bond acceptors (Lipinski definition) is 5. The van der Waals surface area contributed by atoms with E-state index in [4.69, 9.17) is 4.42 Å². The maximum absolute atomic E-state index is 12.0. The van der Waals surface area contributed by atoms with E-state index in [1.165, 1.54) is 12.1 Å². The third-order valence-corrected chi connectivity index (χ3v) is 4.51. The molecule has 22 heavy (non-hydrogen) atoms. The van der Waals surface area contributed by atoms with Gasteiger partial charge in [0.15, 0.2) is 5.76 Å². The summed E-state index contributed by atoms with van der Waals surface area (Å²) in [6.07, 6.45) is 3.27. The van der Waals surface area contributed by atoms with Gasteiger partial charge in [0, 0.05) is 12.2 Å². The Morgan fingerprint density at radius 2 is 2.05 bits per heavy atom. The zero-order chi connectivity index (χ0) is 15.7. The number of aromatic nitrogens is 1. The molecule has 8 heteroatoms. The largest absolute Gasteiger partial charge is 0.438 e. The van der Waals surface area contributed by atoms with Crippen molar-refractivity contribution in [2.75, 3.05) is 5.32 Å². The minimum atomic E-state index is -3.70. The van der Waals surface area contributed by atoms with Crippen LogP contribution in [-0.4, -0.2) is 25.4 Å². The topological polar surface area (TPSA) is 101 Å². The predicted molar refractivity (Wildman–Crippen MR) is 79.0 cm³/mol. The van der Waals surface area contributed by atoms with Gasteiger partial charge in [-0.05, 0) is 43.5 Å². The molecule has 2 aromatic rings. The fraction of sp³-hybridized carbons (Fsp3) is 0.286. The molecular formula is C14H15N3O4S. The smallest absolute Gasteiger partial charge is 0.292 e. The van der Waals surface area contributed by atoms with E-state index >= 15 is 0 Å². The van der Waals surface area contributed by atoms with Crippen molar-refractivity contribution in [3.8, 4) is 0 Å². The first-order chi connectivity index (χ1) is 10.4. The lowest BCUT2D eigenvalue weighted by Gasteiger charge is -2.03. The summed E-state index contributed by atoms with van der Waals surface area (Å²) in [5, 5.41) is 2.28. The van der Waals surface area contributed by atoms with Gasteiger partial charge in [-0.15, -0.1) is 0 Å². The number of nitrogens with one attached hydrogen (secondary N) is 2. The van der Waals surface area contributed by atoms with E-state index in [1.807, 2.05) is 6.92 Å². The second-order valence-corrected chi connectivity index (χ2v) is 6.83. The van der Waals surface area contributed by atoms with Crippen LogP contribution in [0.25, 0.3) is 0 Å². The van der Waals surface area contributed by atoms with E-state index in [1.54, 1.807) is 18.3 Å². The van der Waals surface area contributed by atoms with E-state index < -0.39 is 15.9 Å². The highest BCUT2D eigenvalue weighted by Gasteiger charge is 2.30. The van der Waals surface area contributed by atoms with Crippen LogP contribution in [0.5, 0.6) is 0 Å². The summed E-state index contributed by atoms with van der Waals surface area (Å²) in [5.41, 5.74) is 0.968. The highest BCUT2D eigenvalue weighted by atomic mass is 32.2. The SMILES string of the molecule is Cc1ccc(NC(=O)c2ccc(S(=O)(=O)NC3CC3)o2)nc1. The fourth-order valence-corrected chi connectivity index (χ4v) is 3.02. The number of carbonyl (C=O) groups is 1. The number of hydrogen-bond donors (Lipinski definition) is 2. The van der Waals surface area contributed by atoms with Gasteiger partial charge in [-0.25, -0.2) is 18.1 Å². The van der Waals surface area contributed by atoms with E-state index in [-0.39, 0.29) is 16.9 Å². The third kappa shape index (κ3) is 3.34. The van der Waals surface area contributed by atoms with Crippen molar-refractivity contribution in [3.63, 3.8) is 0 Å². The summed E-state index contributed by atoms with van der Waals surface area (Å²) in [5.74, 6) is -0.268. The molecule has 1 aliphatic rings. The summed E-state index contributed by atoms with van der Waals surface area (Å²) in [4.78, 5) is 16.1. The Morgan fingerprint density at radius 3 is 2.68 bits per heavy atom. The fourth-order valence-electron chi connectivity index (χ4n) is 1.78. The number of furan rings is 1. The average molecular weight is 321 g/mol. The molecule has 0 saturated heterocycles. The standard InChI is InChI=1S/C14H15N3O4S/c1-9-2-6-12(15-8-9)16-14(18)11-5-7-13(21-11)22(19,20)17-10-3-4-10/h2,5-8,10,17H,3-4H2,1H3,(H,15,16,18). The summed E-state index contributed by atoms with van der Waals surface area (Å²) >= 11 is 0. The third-order valence-electron chi connectivity index (χ3n) is 3.12. The quantitative estimate of drug-likeness (QED) is 0.872. The summed E-state index contributed by atoms with van der Waals surface area (Å²) in [6, 6.07) is 6.03. The van der Waals surface area contributed by atoms with Crippen LogP contribution in [0.1, 0.15) is 29.0 Å². The van der Waals surface area contributed by atoms with Gasteiger partial charge in [0.25, 0.3) is 15.9 Å². The van der Waals surface area contributed by atoms with Gasteiger partial charge in [0.05, 0.1) is 0 Å². The Labute approximate surface area is 127 Å². The van der Waals surface area contributed by atoms with E-state index in [9.17, 15) is 13.2 Å². The second kappa shape index (κ2) is 5.54. The molecule has 7 nitrogen and oxygen atoms in total. The van der Waals surface area contributed by atoms with Crippen LogP contribution in [0.4, 0.5) is 5.82 Å². The van der Waals surface area contributed by atoms with Gasteiger partial charge in [-0.3, -0.25) is 4.79 Å². The molecular weight excluding hydrogens is 306 g/mol. The molecule has 1 aliphatic carbocycles. The van der Waals surface area contributed by atoms with Crippen LogP contribution in [0, 0.1) is 6.92 Å². The maximum Gasteiger partial charge on any atom is 0.292 e. The highest BCUT2D eigenvalue weighted by Crippen LogP contribution is 2.23. The summed E-state index contributed by atoms with van der Waals surface area (Å²) < 4.78 is 31.6. The number of rotatable bonds is 5. The number of aryl methyl sites for hydroxylation is 1. The first-order valence-electron chi connectivity index (χ1n) is 6.80. The van der Waals surface area contributed by atoms with Crippen molar-refractivity contribution in [2.45, 2.75) is 30.9 Å². The zero-order valence-corrected chi connectivity index (χ0v) is 12.7. The molecule has 116 valence electrons. The van der Waals surface area contributed by atoms with Gasteiger partial charge >= 0.3 is 0 Å². The molecule has 1 amide bonds. The molecule has 1 saturated carbocycles. The molecule has 0 aromatic carbocycles. The molecule has 2 N–H and O–H groups in total. The highest BCUT2D eigenvalue weighted by molar-refractivity contribution is 7.89. The van der Waals surface area contributed by atoms with Gasteiger partial charge in [0.1, 0.15) is 5.82 Å². The Balaban J connectivity index is 1.72. The molecule has 1 fully saturated rings. The van der Waals surface area contributed by atoms with Crippen molar-refractivity contribution in [2.24, 2.45) is 0 Å². The van der Waals surface area contributed by atoms with Crippen LogP contribution >= 0.6 is 0 Å². The second-order valence-electron chi connectivity index (χ2n) is 5.19. The van der Waals surface area contributed by atoms with Gasteiger partial charge in [0.2, 0.25) is 5.09 Å². The van der Waals surface area contributed by atoms with Crippen molar-refractivity contribution in [1.82, 2.24) is 9.71 Å². The number of amides is 1. The summed E-state index contributed by atoms with van der Waals surface area (Å²) in [6.45, 7) is 1.88. The number of sulfonamides is 1. The maximum atomic E-state index is 12.0. The molecule has 2 aromatic heterocycles. The van der Waals surface area contributed by atoms with Crippen LogP contribution in [0.3, 0.4) is 0 Å². The molecule has 0 aliphatic heterocycles. The van der Waals surface area contributed by atoms with Gasteiger partial charge in [-0.1, -0.05) is 6.07 Å². The molecule has 0 atom stereocenters. The summed E-state index contributed by atoms with van der Waals surface area (Å²) in [7, 11) is -3.70. The minimum Gasteiger partial charge on any atom is -0.438 e. The lowest BCUT2D eigenvalue weighted by molar-refractivity contribution is 0.0991. The van der Waals surface area contributed by atoms with Crippen LogP contribution < -0.4 is 10.0 Å². The van der Waals surface area contributed by atoms with Crippen LogP contribution in [0.15, 0.2) is 40.0 Å². The van der Waals surface area contributed by atoms with Crippen molar-refractivity contribution in [3.05, 3.63) is 41.8 Å². The Bertz CT molecular complexity index is 792. The first-order valence-corrected chi connectivity index (χ1v) is 8.28. The van der Waals surface area contributed by atoms with Crippen molar-refractivity contribution >= 4 is 21.7 Å². The van der Waals surface area contributed by atoms with Gasteiger partial charge in [-0.2, -0.15) is 0 Å². The predicted octanol–water partition coefficient (Wildman–Crippen LogP) is 1.68. The van der Waals surface area contributed by atoms with Crippen molar-refractivity contribution < 1.29 is 17.6 Å². The first kappa shape index (κ1) is 14.7. The molecule has 3 rings (SSSR count). The van der Waals surface area contributed by atoms with E-state index in [0.29, 0.717) is 5.82 Å². The molecule has 0 unspecified atom stereocenters. The number of anilines is 1. The zero-order valence-electron chi connectivity index (χ0n) is 11.9. The molecule has 0 spiro atoms. The monoisotopic (exact) mass is 321 g/mol. The van der Waals surface area contributed by atoms with Gasteiger partial charge < -0.3 is 9.73 Å². The van der Waals surface area contributed by atoms with E-state index in [0.717, 1.165) is 18.4 Å². The van der Waals surface area contributed by atoms with E-state index in [2.05, 4.69) is 15.0 Å². The van der Waals surface area contributed by atoms with Crippen LogP contribution in [-0.2, 0) is 10.0 Å². The Morgan fingerprint density at radius 1 is 1.27 bits per heavy atom. The molecule has 0 bridgehead atoms. The molecule has 0 radical (unpaired) electrons. The molecule has 2 heterocycles. The van der Waals surface area contributed by atoms with Crippen LogP contribution in [0.2, 0.25) is 0 Å². The number of nitrogens with zero attached hydrogens (tertiary/aromatic N) is 1. The Hall–Kier alpha value is -2.19. The lowest BCUT2D eigenvalue weighted by Crippen LogP contribution is -2.25.